The number of hydrogen-bond donors (Lipinski definition) is 2. The molecule has 0 unspecified atom stereocenters. The molecular formula is C39H41F4N3O5. The summed E-state index contributed by atoms with van der Waals surface area (Å²) >= 11 is 0. The maximum absolute atomic E-state index is 13.8. The van der Waals surface area contributed by atoms with Gasteiger partial charge in [0.1, 0.15) is 24.3 Å². The highest BCUT2D eigenvalue weighted by atomic mass is 19.4. The van der Waals surface area contributed by atoms with Crippen molar-refractivity contribution in [3.8, 4) is 11.5 Å². The Hall–Kier alpha value is -4.94. The van der Waals surface area contributed by atoms with Crippen LogP contribution in [0.25, 0.3) is 0 Å². The van der Waals surface area contributed by atoms with Crippen LogP contribution in [0, 0.1) is 11.7 Å². The molecule has 4 aromatic carbocycles. The fourth-order valence-corrected chi connectivity index (χ4v) is 5.92. The summed E-state index contributed by atoms with van der Waals surface area (Å²) in [5.74, 6) is -0.526. The Morgan fingerprint density at radius 2 is 1.71 bits per heavy atom. The lowest BCUT2D eigenvalue weighted by molar-refractivity contribution is -0.137. The van der Waals surface area contributed by atoms with E-state index in [1.807, 2.05) is 38.2 Å². The third-order valence-corrected chi connectivity index (χ3v) is 8.77. The van der Waals surface area contributed by atoms with Gasteiger partial charge in [-0.3, -0.25) is 14.5 Å². The molecule has 12 heteroatoms. The number of nitrogens with one attached hydrogen (secondary N) is 1. The first-order chi connectivity index (χ1) is 24.3. The van der Waals surface area contributed by atoms with Gasteiger partial charge >= 0.3 is 6.18 Å². The van der Waals surface area contributed by atoms with E-state index >= 15 is 0 Å². The highest BCUT2D eigenvalue weighted by Gasteiger charge is 2.35. The predicted molar refractivity (Wildman–Crippen MR) is 185 cm³/mol. The number of aliphatic hydroxyl groups excluding tert-OH is 1. The minimum Gasteiger partial charge on any atom is -0.489 e. The number of benzene rings is 4. The summed E-state index contributed by atoms with van der Waals surface area (Å²) in [6.07, 6.45) is -5.13. The number of ether oxygens (including phenoxy) is 2. The number of carbonyl (C=O) groups excluding carboxylic acids is 2. The number of amides is 2. The number of aliphatic hydroxyl groups is 1. The lowest BCUT2D eigenvalue weighted by Crippen LogP contribution is -2.49. The molecule has 1 heterocycles. The van der Waals surface area contributed by atoms with Gasteiger partial charge in [0.05, 0.1) is 35.9 Å². The molecule has 2 N–H and O–H groups in total. The molecule has 0 aliphatic carbocycles. The van der Waals surface area contributed by atoms with E-state index in [0.717, 1.165) is 23.3 Å². The number of halogens is 4. The Kier molecular flexibility index (Phi) is 12.0. The number of alkyl halides is 3. The fraction of sp³-hybridized carbons (Fsp3) is 0.333. The fourth-order valence-electron chi connectivity index (χ4n) is 5.92. The number of hydrogen-bond acceptors (Lipinski definition) is 6. The second-order valence-corrected chi connectivity index (χ2v) is 13.0. The van der Waals surface area contributed by atoms with E-state index in [-0.39, 0.29) is 54.3 Å². The van der Waals surface area contributed by atoms with Crippen molar-refractivity contribution in [3.05, 3.63) is 125 Å². The molecule has 0 saturated carbocycles. The van der Waals surface area contributed by atoms with Crippen molar-refractivity contribution < 1.29 is 41.7 Å². The number of rotatable bonds is 12. The number of carbonyl (C=O) groups is 2. The van der Waals surface area contributed by atoms with Gasteiger partial charge in [-0.1, -0.05) is 49.4 Å². The van der Waals surface area contributed by atoms with Crippen molar-refractivity contribution in [1.82, 2.24) is 9.80 Å². The molecule has 0 radical (unpaired) electrons. The van der Waals surface area contributed by atoms with Crippen LogP contribution < -0.4 is 14.8 Å². The molecule has 5 rings (SSSR count). The molecule has 0 saturated heterocycles. The van der Waals surface area contributed by atoms with Crippen LogP contribution in [0.5, 0.6) is 11.5 Å². The molecule has 4 aromatic rings. The third-order valence-electron chi connectivity index (χ3n) is 8.77. The maximum Gasteiger partial charge on any atom is 0.416 e. The van der Waals surface area contributed by atoms with E-state index in [1.165, 1.54) is 24.3 Å². The van der Waals surface area contributed by atoms with E-state index in [0.29, 0.717) is 30.9 Å². The number of nitrogens with zero attached hydrogens (tertiary/aromatic N) is 2. The van der Waals surface area contributed by atoms with Crippen LogP contribution in [0.3, 0.4) is 0 Å². The summed E-state index contributed by atoms with van der Waals surface area (Å²) in [5, 5.41) is 12.8. The lowest BCUT2D eigenvalue weighted by atomic mass is 9.98. The monoisotopic (exact) mass is 707 g/mol. The standard InChI is InChI=1S/C39H41F4N3O5/c1-25-20-46(26(2)23-47)38(49)33-8-5-9-34(44-36(48)19-27-10-14-30(15-11-27)39(41,42)43)37(33)51-35(25)22-45(3)21-28-12-16-32(17-13-28)50-24-29-6-4-7-31(40)18-29/h4-18,25-26,35,47H,19-24H2,1-3H3,(H,44,48)/t25-,26+,35-/m1/s1. The molecule has 8 nitrogen and oxygen atoms in total. The van der Waals surface area contributed by atoms with Crippen LogP contribution >= 0.6 is 0 Å². The maximum atomic E-state index is 13.8. The molecule has 270 valence electrons. The van der Waals surface area contributed by atoms with Gasteiger partial charge in [0, 0.05) is 25.6 Å². The zero-order valence-electron chi connectivity index (χ0n) is 28.6. The minimum atomic E-state index is -4.49. The summed E-state index contributed by atoms with van der Waals surface area (Å²) in [6.45, 7) is 5.04. The van der Waals surface area contributed by atoms with Gasteiger partial charge in [0.15, 0.2) is 5.75 Å². The Morgan fingerprint density at radius 3 is 2.37 bits per heavy atom. The van der Waals surface area contributed by atoms with E-state index in [4.69, 9.17) is 9.47 Å². The minimum absolute atomic E-state index is 0.183. The number of likely N-dealkylation sites (N-methyl/N-ethyl adjacent to an activating group) is 1. The van der Waals surface area contributed by atoms with E-state index in [2.05, 4.69) is 10.2 Å². The summed E-state index contributed by atoms with van der Waals surface area (Å²) in [5.41, 5.74) is 1.79. The Balaban J connectivity index is 1.31. The van der Waals surface area contributed by atoms with Crippen LogP contribution in [0.2, 0.25) is 0 Å². The van der Waals surface area contributed by atoms with Gasteiger partial charge in [0.2, 0.25) is 5.91 Å². The van der Waals surface area contributed by atoms with Gasteiger partial charge in [0.25, 0.3) is 5.91 Å². The second kappa shape index (κ2) is 16.4. The summed E-state index contributed by atoms with van der Waals surface area (Å²) in [6, 6.07) is 22.6. The topological polar surface area (TPSA) is 91.3 Å². The number of anilines is 1. The van der Waals surface area contributed by atoms with Crippen LogP contribution in [-0.4, -0.2) is 65.6 Å². The van der Waals surface area contributed by atoms with E-state index in [9.17, 15) is 32.3 Å². The van der Waals surface area contributed by atoms with Crippen LogP contribution in [0.1, 0.15) is 46.5 Å². The molecule has 0 aromatic heterocycles. The predicted octanol–water partition coefficient (Wildman–Crippen LogP) is 6.96. The van der Waals surface area contributed by atoms with Crippen molar-refractivity contribution in [2.24, 2.45) is 5.92 Å². The molecule has 1 aliphatic heterocycles. The SMILES string of the molecule is C[C@@H]1CN([C@@H](C)CO)C(=O)c2cccc(NC(=O)Cc3ccc(C(F)(F)F)cc3)c2O[C@@H]1CN(C)Cc1ccc(OCc2cccc(F)c2)cc1. The zero-order chi connectivity index (χ0) is 36.7. The zero-order valence-corrected chi connectivity index (χ0v) is 28.6. The molecule has 0 spiro atoms. The van der Waals surface area contributed by atoms with Crippen molar-refractivity contribution in [2.75, 3.05) is 32.1 Å². The smallest absolute Gasteiger partial charge is 0.416 e. The van der Waals surface area contributed by atoms with Gasteiger partial charge in [-0.05, 0) is 79.2 Å². The van der Waals surface area contributed by atoms with Crippen LogP contribution in [0.4, 0.5) is 23.2 Å². The van der Waals surface area contributed by atoms with Crippen molar-refractivity contribution in [2.45, 2.75) is 51.7 Å². The molecule has 2 amide bonds. The molecule has 0 fully saturated rings. The Labute approximate surface area is 294 Å². The number of para-hydroxylation sites is 1. The van der Waals surface area contributed by atoms with Gasteiger partial charge < -0.3 is 24.8 Å². The first-order valence-corrected chi connectivity index (χ1v) is 16.6. The molecule has 1 aliphatic rings. The lowest BCUT2D eigenvalue weighted by Gasteiger charge is -2.38. The molecular weight excluding hydrogens is 666 g/mol. The first-order valence-electron chi connectivity index (χ1n) is 16.6. The van der Waals surface area contributed by atoms with Crippen molar-refractivity contribution in [1.29, 1.82) is 0 Å². The van der Waals surface area contributed by atoms with Gasteiger partial charge in [-0.15, -0.1) is 0 Å². The largest absolute Gasteiger partial charge is 0.489 e. The summed E-state index contributed by atoms with van der Waals surface area (Å²) in [7, 11) is 1.95. The third kappa shape index (κ3) is 9.86. The first kappa shape index (κ1) is 37.3. The Morgan fingerprint density at radius 1 is 1.02 bits per heavy atom. The average molecular weight is 708 g/mol. The van der Waals surface area contributed by atoms with Crippen molar-refractivity contribution >= 4 is 17.5 Å². The Bertz CT molecular complexity index is 1800. The molecule has 0 bridgehead atoms. The number of fused-ring (bicyclic) bond motifs is 1. The second-order valence-electron chi connectivity index (χ2n) is 13.0. The van der Waals surface area contributed by atoms with E-state index in [1.54, 1.807) is 42.2 Å². The normalized spacial score (nSPS) is 16.9. The summed E-state index contributed by atoms with van der Waals surface area (Å²) in [4.78, 5) is 30.6. The van der Waals surface area contributed by atoms with Crippen LogP contribution in [0.15, 0.2) is 91.0 Å². The van der Waals surface area contributed by atoms with Crippen LogP contribution in [-0.2, 0) is 30.5 Å². The van der Waals surface area contributed by atoms with E-state index < -0.39 is 29.8 Å². The summed E-state index contributed by atoms with van der Waals surface area (Å²) < 4.78 is 65.0. The molecule has 51 heavy (non-hydrogen) atoms. The molecule has 3 atom stereocenters. The highest BCUT2D eigenvalue weighted by Crippen LogP contribution is 2.35. The highest BCUT2D eigenvalue weighted by molar-refractivity contribution is 6.02. The average Bonchev–Trinajstić information content (AvgIpc) is 3.09. The van der Waals surface area contributed by atoms with Crippen molar-refractivity contribution in [3.63, 3.8) is 0 Å². The quantitative estimate of drug-likeness (QED) is 0.155. The van der Waals surface area contributed by atoms with Gasteiger partial charge in [-0.25, -0.2) is 4.39 Å². The van der Waals surface area contributed by atoms with Gasteiger partial charge in [-0.2, -0.15) is 13.2 Å².